The normalized spacial score (nSPS) is 16.8. The lowest BCUT2D eigenvalue weighted by atomic mass is 9.95. The van der Waals surface area contributed by atoms with Crippen LogP contribution in [0.5, 0.6) is 0 Å². The van der Waals surface area contributed by atoms with Crippen LogP contribution in [-0.4, -0.2) is 28.2 Å². The zero-order valence-corrected chi connectivity index (χ0v) is 26.2. The van der Waals surface area contributed by atoms with Gasteiger partial charge in [-0.3, -0.25) is 9.59 Å². The van der Waals surface area contributed by atoms with Crippen LogP contribution in [0.25, 0.3) is 5.76 Å². The van der Waals surface area contributed by atoms with Crippen LogP contribution in [0.1, 0.15) is 114 Å². The fourth-order valence-electron chi connectivity index (χ4n) is 5.34. The van der Waals surface area contributed by atoms with Gasteiger partial charge in [-0.15, -0.1) is 0 Å². The van der Waals surface area contributed by atoms with Gasteiger partial charge in [0.25, 0.3) is 11.7 Å². The molecule has 39 heavy (non-hydrogen) atoms. The third kappa shape index (κ3) is 9.63. The fourth-order valence-corrected chi connectivity index (χ4v) is 5.83. The van der Waals surface area contributed by atoms with Crippen LogP contribution in [0.3, 0.4) is 0 Å². The third-order valence-corrected chi connectivity index (χ3v) is 8.57. The van der Waals surface area contributed by atoms with E-state index in [1.54, 1.807) is 29.2 Å². The Balaban J connectivity index is 1.52. The van der Waals surface area contributed by atoms with E-state index in [0.717, 1.165) is 28.4 Å². The van der Waals surface area contributed by atoms with Crippen molar-refractivity contribution in [1.29, 1.82) is 0 Å². The maximum Gasteiger partial charge on any atom is 0.295 e. The van der Waals surface area contributed by atoms with Crippen molar-refractivity contribution in [3.8, 4) is 0 Å². The molecule has 1 atom stereocenters. The van der Waals surface area contributed by atoms with E-state index in [9.17, 15) is 14.7 Å². The van der Waals surface area contributed by atoms with Gasteiger partial charge in [0.05, 0.1) is 11.6 Å². The Morgan fingerprint density at radius 1 is 0.769 bits per heavy atom. The highest BCUT2D eigenvalue weighted by atomic mass is 127. The molecule has 0 aromatic heterocycles. The Kier molecular flexibility index (Phi) is 13.9. The monoisotopic (exact) mass is 663 g/mol. The number of Topliss-reactive ketones (excluding diaryl/α,β-unsaturated/α-hetero) is 1. The molecule has 2 aromatic rings. The average Bonchev–Trinajstić information content (AvgIpc) is 3.18. The molecule has 0 radical (unpaired) electrons. The molecule has 4 nitrogen and oxygen atoms in total. The average molecular weight is 664 g/mol. The second-order valence-electron chi connectivity index (χ2n) is 10.6. The highest BCUT2D eigenvalue weighted by Gasteiger charge is 2.45. The number of amides is 1. The molecule has 1 fully saturated rings. The molecule has 0 aliphatic carbocycles. The van der Waals surface area contributed by atoms with Crippen LogP contribution in [-0.2, 0) is 9.59 Å². The van der Waals surface area contributed by atoms with Gasteiger partial charge in [-0.2, -0.15) is 0 Å². The second-order valence-corrected chi connectivity index (χ2v) is 12.3. The van der Waals surface area contributed by atoms with Crippen molar-refractivity contribution in [2.45, 2.75) is 103 Å². The molecule has 1 N–H and O–H groups in total. The number of ketones is 1. The van der Waals surface area contributed by atoms with Crippen LogP contribution in [0.2, 0.25) is 5.02 Å². The van der Waals surface area contributed by atoms with Crippen molar-refractivity contribution < 1.29 is 14.7 Å². The van der Waals surface area contributed by atoms with Crippen LogP contribution in [0.4, 0.5) is 0 Å². The Labute approximate surface area is 253 Å². The van der Waals surface area contributed by atoms with Gasteiger partial charge in [-0.05, 0) is 71.0 Å². The van der Waals surface area contributed by atoms with Gasteiger partial charge in [0.2, 0.25) is 0 Å². The zero-order valence-electron chi connectivity index (χ0n) is 23.3. The van der Waals surface area contributed by atoms with Gasteiger partial charge in [-0.1, -0.05) is 114 Å². The molecule has 0 bridgehead atoms. The summed E-state index contributed by atoms with van der Waals surface area (Å²) in [5, 5.41) is 11.7. The summed E-state index contributed by atoms with van der Waals surface area (Å²) in [5.41, 5.74) is 1.45. The molecule has 1 heterocycles. The first-order valence-corrected chi connectivity index (χ1v) is 16.2. The first kappa shape index (κ1) is 31.7. The molecular formula is C33H43ClINO3. The third-order valence-electron chi connectivity index (χ3n) is 7.60. The second kappa shape index (κ2) is 17.1. The molecule has 0 spiro atoms. The van der Waals surface area contributed by atoms with Crippen molar-refractivity contribution in [2.24, 2.45) is 0 Å². The lowest BCUT2D eigenvalue weighted by Gasteiger charge is -2.25. The van der Waals surface area contributed by atoms with Gasteiger partial charge in [0.1, 0.15) is 5.76 Å². The number of rotatable bonds is 17. The van der Waals surface area contributed by atoms with E-state index in [1.807, 2.05) is 24.3 Å². The fraction of sp³-hybridized carbons (Fsp3) is 0.515. The summed E-state index contributed by atoms with van der Waals surface area (Å²) in [4.78, 5) is 27.9. The molecule has 212 valence electrons. The number of nitrogens with zero attached hydrogens (tertiary/aromatic N) is 1. The maximum atomic E-state index is 13.2. The minimum Gasteiger partial charge on any atom is -0.507 e. The summed E-state index contributed by atoms with van der Waals surface area (Å²) in [6.07, 6.45) is 17.7. The topological polar surface area (TPSA) is 57.6 Å². The summed E-state index contributed by atoms with van der Waals surface area (Å²) >= 11 is 8.25. The number of benzene rings is 2. The predicted octanol–water partition coefficient (Wildman–Crippen LogP) is 9.85. The summed E-state index contributed by atoms with van der Waals surface area (Å²) in [6, 6.07) is 13.9. The minimum atomic E-state index is -0.628. The van der Waals surface area contributed by atoms with E-state index in [2.05, 4.69) is 29.5 Å². The molecule has 1 saturated heterocycles. The zero-order chi connectivity index (χ0) is 28.0. The quantitative estimate of drug-likeness (QED) is 0.0603. The summed E-state index contributed by atoms with van der Waals surface area (Å²) < 4.78 is 1.07. The van der Waals surface area contributed by atoms with Crippen molar-refractivity contribution in [2.75, 3.05) is 6.54 Å². The molecule has 6 heteroatoms. The molecule has 1 amide bonds. The number of halogens is 2. The van der Waals surface area contributed by atoms with Crippen LogP contribution < -0.4 is 0 Å². The van der Waals surface area contributed by atoms with Gasteiger partial charge in [0.15, 0.2) is 0 Å². The first-order chi connectivity index (χ1) is 18.9. The van der Waals surface area contributed by atoms with E-state index >= 15 is 0 Å². The van der Waals surface area contributed by atoms with E-state index in [0.29, 0.717) is 17.1 Å². The van der Waals surface area contributed by atoms with Crippen molar-refractivity contribution in [3.05, 3.63) is 73.8 Å². The SMILES string of the molecule is CCCCCCCCCCCCCCCCN1C(=O)C(=O)C(=C(O)c2ccc(Cl)cc2)[C@H]1c1ccc(I)cc1. The number of hydrogen-bond donors (Lipinski definition) is 1. The Morgan fingerprint density at radius 3 is 1.77 bits per heavy atom. The van der Waals surface area contributed by atoms with Crippen molar-refractivity contribution >= 4 is 51.6 Å². The smallest absolute Gasteiger partial charge is 0.295 e. The van der Waals surface area contributed by atoms with Crippen molar-refractivity contribution in [3.63, 3.8) is 0 Å². The van der Waals surface area contributed by atoms with E-state index in [-0.39, 0.29) is 11.3 Å². The molecular weight excluding hydrogens is 621 g/mol. The van der Waals surface area contributed by atoms with Crippen LogP contribution >= 0.6 is 34.2 Å². The van der Waals surface area contributed by atoms with Crippen LogP contribution in [0.15, 0.2) is 54.1 Å². The van der Waals surface area contributed by atoms with E-state index in [1.165, 1.54) is 70.6 Å². The summed E-state index contributed by atoms with van der Waals surface area (Å²) in [6.45, 7) is 2.76. The molecule has 3 rings (SSSR count). The standard InChI is InChI=1S/C33H43ClINO3/c1-2-3-4-5-6-7-8-9-10-11-12-13-14-15-24-36-30(25-18-22-28(35)23-19-25)29(32(38)33(36)39)31(37)26-16-20-27(34)21-17-26/h16-23,30,37H,2-15,24H2,1H3/t30-/m1/s1. The summed E-state index contributed by atoms with van der Waals surface area (Å²) in [7, 11) is 0. The predicted molar refractivity (Wildman–Crippen MR) is 170 cm³/mol. The van der Waals surface area contributed by atoms with Gasteiger partial charge in [-0.25, -0.2) is 0 Å². The number of hydrogen-bond acceptors (Lipinski definition) is 3. The number of carbonyl (C=O) groups excluding carboxylic acids is 2. The van der Waals surface area contributed by atoms with Gasteiger partial charge in [0, 0.05) is 20.7 Å². The lowest BCUT2D eigenvalue weighted by Crippen LogP contribution is -2.30. The summed E-state index contributed by atoms with van der Waals surface area (Å²) in [5.74, 6) is -1.32. The maximum absolute atomic E-state index is 13.2. The highest BCUT2D eigenvalue weighted by molar-refractivity contribution is 14.1. The molecule has 2 aromatic carbocycles. The lowest BCUT2D eigenvalue weighted by molar-refractivity contribution is -0.139. The molecule has 1 aliphatic rings. The molecule has 0 saturated carbocycles. The highest BCUT2D eigenvalue weighted by Crippen LogP contribution is 2.39. The Bertz CT molecular complexity index is 1080. The number of unbranched alkanes of at least 4 members (excludes halogenated alkanes) is 13. The number of aliphatic hydroxyl groups excluding tert-OH is 1. The van der Waals surface area contributed by atoms with E-state index < -0.39 is 17.7 Å². The molecule has 0 unspecified atom stereocenters. The number of likely N-dealkylation sites (tertiary alicyclic amines) is 1. The Hall–Kier alpha value is -1.86. The molecule has 1 aliphatic heterocycles. The minimum absolute atomic E-state index is 0.147. The van der Waals surface area contributed by atoms with Gasteiger partial charge < -0.3 is 10.0 Å². The van der Waals surface area contributed by atoms with Crippen LogP contribution in [0, 0.1) is 3.57 Å². The largest absolute Gasteiger partial charge is 0.507 e. The van der Waals surface area contributed by atoms with Gasteiger partial charge >= 0.3 is 0 Å². The number of carbonyl (C=O) groups is 2. The van der Waals surface area contributed by atoms with Crippen molar-refractivity contribution in [1.82, 2.24) is 4.90 Å². The Morgan fingerprint density at radius 2 is 1.26 bits per heavy atom. The number of aliphatic hydroxyl groups is 1. The first-order valence-electron chi connectivity index (χ1n) is 14.7. The van der Waals surface area contributed by atoms with E-state index in [4.69, 9.17) is 11.6 Å².